The number of nitrogens with one attached hydrogen (secondary N) is 2. The number of carbonyl (C=O) groups is 3. The lowest BCUT2D eigenvalue weighted by molar-refractivity contribution is -0.146. The molecule has 1 spiro atoms. The molecule has 3 saturated heterocycles. The Morgan fingerprint density at radius 3 is 2.64 bits per heavy atom. The summed E-state index contributed by atoms with van der Waals surface area (Å²) < 4.78 is 6.73. The molecule has 1 aromatic rings. The Hall–Kier alpha value is -2.45. The minimum absolute atomic E-state index is 0.0178. The smallest absolute Gasteiger partial charge is 0.250 e. The summed E-state index contributed by atoms with van der Waals surface area (Å²) in [5, 5.41) is 15.3. The Labute approximate surface area is 214 Å². The first-order valence-electron chi connectivity index (χ1n) is 13.4. The number of unbranched alkanes of at least 4 members (excludes halogenated alkanes) is 2. The van der Waals surface area contributed by atoms with Gasteiger partial charge in [0.15, 0.2) is 0 Å². The molecule has 3 fully saturated rings. The molecule has 2 bridgehead atoms. The molecule has 4 rings (SSSR count). The van der Waals surface area contributed by atoms with Crippen molar-refractivity contribution in [2.24, 2.45) is 17.8 Å². The SMILES string of the molecule is CCCNC(=O)[C@H]1[C@H]2C(=O)N(CCCCCO)C(C(=O)Nc3cc(C)ccc3C)C23CC(C)[C@]1(C)O3. The molecule has 0 aliphatic carbocycles. The number of ether oxygens (including phenoxy) is 1. The van der Waals surface area contributed by atoms with E-state index < -0.39 is 29.1 Å². The van der Waals surface area contributed by atoms with Crippen LogP contribution >= 0.6 is 0 Å². The van der Waals surface area contributed by atoms with Crippen LogP contribution in [-0.2, 0) is 19.1 Å². The van der Waals surface area contributed by atoms with Crippen LogP contribution in [0.2, 0.25) is 0 Å². The molecule has 3 aliphatic rings. The van der Waals surface area contributed by atoms with Gasteiger partial charge in [0, 0.05) is 25.4 Å². The van der Waals surface area contributed by atoms with Crippen molar-refractivity contribution in [3.05, 3.63) is 29.3 Å². The van der Waals surface area contributed by atoms with E-state index in [1.165, 1.54) is 0 Å². The van der Waals surface area contributed by atoms with Gasteiger partial charge < -0.3 is 25.4 Å². The average molecular weight is 500 g/mol. The molecule has 0 saturated carbocycles. The second-order valence-corrected chi connectivity index (χ2v) is 11.1. The van der Waals surface area contributed by atoms with Crippen LogP contribution in [0.3, 0.4) is 0 Å². The molecule has 8 nitrogen and oxygen atoms in total. The number of aliphatic hydroxyl groups excluding tert-OH is 1. The van der Waals surface area contributed by atoms with Crippen LogP contribution < -0.4 is 10.6 Å². The van der Waals surface area contributed by atoms with Crippen LogP contribution in [0, 0.1) is 31.6 Å². The van der Waals surface area contributed by atoms with E-state index in [9.17, 15) is 19.5 Å². The summed E-state index contributed by atoms with van der Waals surface area (Å²) in [5.41, 5.74) is 0.839. The van der Waals surface area contributed by atoms with E-state index in [2.05, 4.69) is 17.6 Å². The van der Waals surface area contributed by atoms with Crippen LogP contribution in [0.4, 0.5) is 5.69 Å². The zero-order valence-electron chi connectivity index (χ0n) is 22.2. The third-order valence-electron chi connectivity index (χ3n) is 8.60. The lowest BCUT2D eigenvalue weighted by Gasteiger charge is -2.36. The van der Waals surface area contributed by atoms with Gasteiger partial charge in [-0.3, -0.25) is 14.4 Å². The number of amides is 3. The van der Waals surface area contributed by atoms with Crippen LogP contribution in [0.5, 0.6) is 0 Å². The van der Waals surface area contributed by atoms with E-state index in [1.807, 2.05) is 45.9 Å². The van der Waals surface area contributed by atoms with Gasteiger partial charge in [0.05, 0.1) is 17.4 Å². The Kier molecular flexibility index (Phi) is 7.49. The second kappa shape index (κ2) is 10.1. The Balaban J connectivity index is 1.72. The molecule has 6 atom stereocenters. The van der Waals surface area contributed by atoms with Crippen LogP contribution in [-0.4, -0.2) is 64.7 Å². The minimum Gasteiger partial charge on any atom is -0.396 e. The molecule has 3 aliphatic heterocycles. The molecule has 1 aromatic carbocycles. The number of aryl methyl sites for hydroxylation is 2. The zero-order chi connectivity index (χ0) is 26.3. The van der Waals surface area contributed by atoms with Crippen molar-refractivity contribution < 1.29 is 24.2 Å². The summed E-state index contributed by atoms with van der Waals surface area (Å²) in [7, 11) is 0. The first-order valence-corrected chi connectivity index (χ1v) is 13.4. The Morgan fingerprint density at radius 1 is 1.19 bits per heavy atom. The van der Waals surface area contributed by atoms with E-state index in [0.29, 0.717) is 32.4 Å². The van der Waals surface area contributed by atoms with Gasteiger partial charge in [-0.1, -0.05) is 26.0 Å². The van der Waals surface area contributed by atoms with Gasteiger partial charge in [-0.25, -0.2) is 0 Å². The molecule has 8 heteroatoms. The highest BCUT2D eigenvalue weighted by Gasteiger charge is 2.79. The number of aliphatic hydroxyl groups is 1. The van der Waals surface area contributed by atoms with Gasteiger partial charge in [0.25, 0.3) is 0 Å². The van der Waals surface area contributed by atoms with Gasteiger partial charge >= 0.3 is 0 Å². The highest BCUT2D eigenvalue weighted by atomic mass is 16.5. The molecule has 0 radical (unpaired) electrons. The molecule has 198 valence electrons. The number of benzene rings is 1. The van der Waals surface area contributed by atoms with Gasteiger partial charge in [-0.2, -0.15) is 0 Å². The molecular formula is C28H41N3O5. The van der Waals surface area contributed by atoms with E-state index in [4.69, 9.17) is 4.74 Å². The third kappa shape index (κ3) is 4.22. The molecular weight excluding hydrogens is 458 g/mol. The highest BCUT2D eigenvalue weighted by molar-refractivity contribution is 6.04. The molecule has 3 unspecified atom stereocenters. The number of likely N-dealkylation sites (tertiary alicyclic amines) is 1. The number of hydrogen-bond donors (Lipinski definition) is 3. The third-order valence-corrected chi connectivity index (χ3v) is 8.60. The van der Waals surface area contributed by atoms with Gasteiger partial charge in [-0.05, 0) is 76.0 Å². The predicted molar refractivity (Wildman–Crippen MR) is 137 cm³/mol. The van der Waals surface area contributed by atoms with E-state index >= 15 is 0 Å². The predicted octanol–water partition coefficient (Wildman–Crippen LogP) is 2.94. The number of nitrogens with zero attached hydrogens (tertiary/aromatic N) is 1. The maximum Gasteiger partial charge on any atom is 0.250 e. The fourth-order valence-electron chi connectivity index (χ4n) is 6.68. The van der Waals surface area contributed by atoms with Crippen molar-refractivity contribution in [1.29, 1.82) is 0 Å². The topological polar surface area (TPSA) is 108 Å². The summed E-state index contributed by atoms with van der Waals surface area (Å²) in [5.74, 6) is -1.92. The first-order chi connectivity index (χ1) is 17.1. The molecule has 36 heavy (non-hydrogen) atoms. The quantitative estimate of drug-likeness (QED) is 0.429. The van der Waals surface area contributed by atoms with Crippen LogP contribution in [0.15, 0.2) is 18.2 Å². The Morgan fingerprint density at radius 2 is 1.94 bits per heavy atom. The van der Waals surface area contributed by atoms with Gasteiger partial charge in [0.1, 0.15) is 11.6 Å². The van der Waals surface area contributed by atoms with Crippen molar-refractivity contribution in [2.45, 2.75) is 84.0 Å². The fourth-order valence-corrected chi connectivity index (χ4v) is 6.68. The molecule has 3 amide bonds. The maximum absolute atomic E-state index is 14.0. The lowest BCUT2D eigenvalue weighted by Crippen LogP contribution is -2.54. The largest absolute Gasteiger partial charge is 0.396 e. The number of rotatable bonds is 10. The van der Waals surface area contributed by atoms with Crippen LogP contribution in [0.25, 0.3) is 0 Å². The number of fused-ring (bicyclic) bond motifs is 1. The van der Waals surface area contributed by atoms with Gasteiger partial charge in [-0.15, -0.1) is 0 Å². The Bertz CT molecular complexity index is 1030. The first kappa shape index (κ1) is 26.6. The normalized spacial score (nSPS) is 32.6. The van der Waals surface area contributed by atoms with Crippen molar-refractivity contribution >= 4 is 23.4 Å². The van der Waals surface area contributed by atoms with Crippen LogP contribution in [0.1, 0.15) is 64.0 Å². The molecule has 3 N–H and O–H groups in total. The summed E-state index contributed by atoms with van der Waals surface area (Å²) in [6.07, 6.45) is 3.41. The van der Waals surface area contributed by atoms with Crippen molar-refractivity contribution in [3.8, 4) is 0 Å². The second-order valence-electron chi connectivity index (χ2n) is 11.1. The zero-order valence-corrected chi connectivity index (χ0v) is 22.2. The molecule has 0 aromatic heterocycles. The molecule has 3 heterocycles. The van der Waals surface area contributed by atoms with E-state index in [1.54, 1.807) is 4.90 Å². The van der Waals surface area contributed by atoms with E-state index in [0.717, 1.165) is 29.7 Å². The number of hydrogen-bond acceptors (Lipinski definition) is 5. The number of carbonyl (C=O) groups excluding carboxylic acids is 3. The summed E-state index contributed by atoms with van der Waals surface area (Å²) in [4.78, 5) is 43.0. The monoisotopic (exact) mass is 499 g/mol. The van der Waals surface area contributed by atoms with Gasteiger partial charge in [0.2, 0.25) is 17.7 Å². The average Bonchev–Trinajstić information content (AvgIpc) is 3.34. The summed E-state index contributed by atoms with van der Waals surface area (Å²) >= 11 is 0. The maximum atomic E-state index is 14.0. The van der Waals surface area contributed by atoms with Crippen molar-refractivity contribution in [3.63, 3.8) is 0 Å². The van der Waals surface area contributed by atoms with Crippen molar-refractivity contribution in [1.82, 2.24) is 10.2 Å². The summed E-state index contributed by atoms with van der Waals surface area (Å²) in [6, 6.07) is 5.07. The fraction of sp³-hybridized carbons (Fsp3) is 0.679. The van der Waals surface area contributed by atoms with E-state index in [-0.39, 0.29) is 30.2 Å². The minimum atomic E-state index is -1.04. The highest BCUT2D eigenvalue weighted by Crippen LogP contribution is 2.65. The lowest BCUT2D eigenvalue weighted by atomic mass is 9.62. The van der Waals surface area contributed by atoms with Crippen molar-refractivity contribution in [2.75, 3.05) is 25.0 Å². The standard InChI is InChI=1S/C28H41N3O5/c1-6-12-29-24(33)21-22-26(35)31(13-8-7-9-14-32)23(28(22)16-19(4)27(21,5)36-28)25(34)30-20-15-17(2)10-11-18(20)3/h10-11,15,19,21-23,32H,6-9,12-14,16H2,1-5H3,(H,29,33)(H,30,34)/t19?,21-,22+,23?,27+,28?/m1/s1. The number of anilines is 1. The summed E-state index contributed by atoms with van der Waals surface area (Å²) in [6.45, 7) is 10.9.